The second-order valence-electron chi connectivity index (χ2n) is 8.10. The number of hydrogen-bond acceptors (Lipinski definition) is 4. The quantitative estimate of drug-likeness (QED) is 0.658. The molecule has 1 aromatic carbocycles. The van der Waals surface area contributed by atoms with Gasteiger partial charge in [-0.15, -0.1) is 0 Å². The van der Waals surface area contributed by atoms with Crippen molar-refractivity contribution in [3.8, 4) is 0 Å². The average molecular weight is 378 g/mol. The summed E-state index contributed by atoms with van der Waals surface area (Å²) >= 11 is 0. The van der Waals surface area contributed by atoms with Crippen LogP contribution in [-0.2, 0) is 19.4 Å². The molecule has 1 aliphatic rings. The Hall–Kier alpha value is -2.24. The summed E-state index contributed by atoms with van der Waals surface area (Å²) in [6, 6.07) is 13.6. The summed E-state index contributed by atoms with van der Waals surface area (Å²) in [6.07, 6.45) is 5.23. The maximum Gasteiger partial charge on any atom is 0.115 e. The first-order valence-electron chi connectivity index (χ1n) is 10.5. The van der Waals surface area contributed by atoms with E-state index in [1.54, 1.807) is 0 Å². The molecule has 0 amide bonds. The smallest absolute Gasteiger partial charge is 0.115 e. The van der Waals surface area contributed by atoms with Crippen LogP contribution in [-0.4, -0.2) is 27.1 Å². The zero-order valence-electron chi connectivity index (χ0n) is 17.0. The van der Waals surface area contributed by atoms with Crippen molar-refractivity contribution in [3.05, 3.63) is 59.2 Å². The van der Waals surface area contributed by atoms with Gasteiger partial charge in [-0.1, -0.05) is 32.0 Å². The van der Waals surface area contributed by atoms with E-state index in [4.69, 9.17) is 15.7 Å². The third kappa shape index (κ3) is 3.96. The maximum atomic E-state index is 5.77. The highest BCUT2D eigenvalue weighted by Gasteiger charge is 2.23. The molecule has 2 aromatic heterocycles. The molecule has 1 aliphatic carbocycles. The molecule has 5 heteroatoms. The van der Waals surface area contributed by atoms with Gasteiger partial charge in [-0.2, -0.15) is 0 Å². The van der Waals surface area contributed by atoms with Gasteiger partial charge in [-0.3, -0.25) is 4.98 Å². The van der Waals surface area contributed by atoms with Gasteiger partial charge in [-0.25, -0.2) is 4.98 Å². The van der Waals surface area contributed by atoms with Crippen LogP contribution in [0.25, 0.3) is 11.0 Å². The summed E-state index contributed by atoms with van der Waals surface area (Å²) in [5.41, 5.74) is 11.7. The molecule has 1 atom stereocenters. The predicted molar refractivity (Wildman–Crippen MR) is 114 cm³/mol. The number of nitrogens with one attached hydrogen (secondary N) is 1. The Labute approximate surface area is 167 Å². The molecular weight excluding hydrogens is 346 g/mol. The van der Waals surface area contributed by atoms with Gasteiger partial charge in [0.15, 0.2) is 0 Å². The molecule has 0 saturated heterocycles. The van der Waals surface area contributed by atoms with Gasteiger partial charge in [0.05, 0.1) is 16.7 Å². The third-order valence-electron chi connectivity index (χ3n) is 5.53. The number of nitrogens with zero attached hydrogens (tertiary/aromatic N) is 3. The standard InChI is InChI=1S/C23H31N5/c1-16(2)25-20-9-5-7-17-11-12-18(26-23(17)20)15-22-27-19-8-3-4-10-21(19)28(22)14-6-13-24/h3-4,8,10-12,16,20,25H,5-7,9,13-15,24H2,1-2H3. The Bertz CT molecular complexity index is 943. The Morgan fingerprint density at radius 3 is 2.86 bits per heavy atom. The summed E-state index contributed by atoms with van der Waals surface area (Å²) in [5.74, 6) is 1.08. The van der Waals surface area contributed by atoms with Gasteiger partial charge in [0.25, 0.3) is 0 Å². The van der Waals surface area contributed by atoms with E-state index in [2.05, 4.69) is 54.1 Å². The molecule has 5 nitrogen and oxygen atoms in total. The van der Waals surface area contributed by atoms with Gasteiger partial charge in [0.1, 0.15) is 5.82 Å². The van der Waals surface area contributed by atoms with Crippen LogP contribution in [0.4, 0.5) is 0 Å². The zero-order chi connectivity index (χ0) is 19.5. The highest BCUT2D eigenvalue weighted by molar-refractivity contribution is 5.76. The van der Waals surface area contributed by atoms with E-state index < -0.39 is 0 Å². The Morgan fingerprint density at radius 1 is 1.18 bits per heavy atom. The second-order valence-corrected chi connectivity index (χ2v) is 8.10. The first kappa shape index (κ1) is 19.1. The largest absolute Gasteiger partial charge is 0.330 e. The fourth-order valence-corrected chi connectivity index (χ4v) is 4.28. The number of fused-ring (bicyclic) bond motifs is 2. The minimum absolute atomic E-state index is 0.361. The maximum absolute atomic E-state index is 5.77. The number of rotatable bonds is 7. The molecule has 0 bridgehead atoms. The molecule has 0 fully saturated rings. The van der Waals surface area contributed by atoms with Crippen molar-refractivity contribution < 1.29 is 0 Å². The molecule has 2 heterocycles. The van der Waals surface area contributed by atoms with Crippen LogP contribution in [0, 0.1) is 0 Å². The Balaban J connectivity index is 1.66. The number of benzene rings is 1. The van der Waals surface area contributed by atoms with Gasteiger partial charge >= 0.3 is 0 Å². The van der Waals surface area contributed by atoms with Crippen molar-refractivity contribution in [3.63, 3.8) is 0 Å². The molecule has 0 saturated carbocycles. The summed E-state index contributed by atoms with van der Waals surface area (Å²) in [7, 11) is 0. The van der Waals surface area contributed by atoms with Crippen molar-refractivity contribution in [1.82, 2.24) is 19.9 Å². The van der Waals surface area contributed by atoms with E-state index >= 15 is 0 Å². The van der Waals surface area contributed by atoms with Crippen LogP contribution in [0.3, 0.4) is 0 Å². The number of nitrogens with two attached hydrogens (primary N) is 1. The van der Waals surface area contributed by atoms with Crippen molar-refractivity contribution >= 4 is 11.0 Å². The van der Waals surface area contributed by atoms with Crippen LogP contribution in [0.5, 0.6) is 0 Å². The summed E-state index contributed by atoms with van der Waals surface area (Å²) < 4.78 is 2.31. The number of hydrogen-bond donors (Lipinski definition) is 2. The lowest BCUT2D eigenvalue weighted by molar-refractivity contribution is 0.413. The topological polar surface area (TPSA) is 68.8 Å². The lowest BCUT2D eigenvalue weighted by atomic mass is 9.91. The molecular formula is C23H31N5. The number of imidazole rings is 1. The van der Waals surface area contributed by atoms with Crippen molar-refractivity contribution in [2.45, 2.75) is 64.6 Å². The molecule has 3 N–H and O–H groups in total. The molecule has 0 aliphatic heterocycles. The molecule has 0 radical (unpaired) electrons. The Kier molecular flexibility index (Phi) is 5.74. The highest BCUT2D eigenvalue weighted by Crippen LogP contribution is 2.29. The summed E-state index contributed by atoms with van der Waals surface area (Å²) in [4.78, 5) is 10.0. The van der Waals surface area contributed by atoms with E-state index in [9.17, 15) is 0 Å². The van der Waals surface area contributed by atoms with Gasteiger partial charge < -0.3 is 15.6 Å². The number of aromatic nitrogens is 3. The lowest BCUT2D eigenvalue weighted by Gasteiger charge is -2.27. The molecule has 3 aromatic rings. The van der Waals surface area contributed by atoms with Crippen molar-refractivity contribution in [2.75, 3.05) is 6.54 Å². The second kappa shape index (κ2) is 8.41. The normalized spacial score (nSPS) is 16.6. The van der Waals surface area contributed by atoms with E-state index in [0.717, 1.165) is 49.3 Å². The van der Waals surface area contributed by atoms with Crippen LogP contribution >= 0.6 is 0 Å². The van der Waals surface area contributed by atoms with E-state index in [-0.39, 0.29) is 0 Å². The van der Waals surface area contributed by atoms with Crippen LogP contribution in [0.2, 0.25) is 0 Å². The first-order valence-corrected chi connectivity index (χ1v) is 10.5. The van der Waals surface area contributed by atoms with Gasteiger partial charge in [0.2, 0.25) is 0 Å². The van der Waals surface area contributed by atoms with Crippen LogP contribution < -0.4 is 11.1 Å². The first-order chi connectivity index (χ1) is 13.7. The zero-order valence-corrected chi connectivity index (χ0v) is 17.0. The molecule has 148 valence electrons. The molecule has 28 heavy (non-hydrogen) atoms. The third-order valence-corrected chi connectivity index (χ3v) is 5.53. The van der Waals surface area contributed by atoms with Gasteiger partial charge in [0, 0.05) is 30.7 Å². The average Bonchev–Trinajstić information content (AvgIpc) is 3.03. The molecule has 4 rings (SSSR count). The number of pyridine rings is 1. The van der Waals surface area contributed by atoms with E-state index in [1.807, 2.05) is 6.07 Å². The summed E-state index contributed by atoms with van der Waals surface area (Å²) in [6.45, 7) is 6.00. The van der Waals surface area contributed by atoms with Crippen molar-refractivity contribution in [1.29, 1.82) is 0 Å². The highest BCUT2D eigenvalue weighted by atomic mass is 15.1. The monoisotopic (exact) mass is 377 g/mol. The summed E-state index contributed by atoms with van der Waals surface area (Å²) in [5, 5.41) is 3.69. The fourth-order valence-electron chi connectivity index (χ4n) is 4.28. The van der Waals surface area contributed by atoms with Crippen LogP contribution in [0.15, 0.2) is 36.4 Å². The minimum Gasteiger partial charge on any atom is -0.330 e. The number of aryl methyl sites for hydroxylation is 2. The van der Waals surface area contributed by atoms with Crippen LogP contribution in [0.1, 0.15) is 61.9 Å². The SMILES string of the molecule is CC(C)NC1CCCc2ccc(Cc3nc4ccccc4n3CCCN)nc21. The van der Waals surface area contributed by atoms with E-state index in [1.165, 1.54) is 23.2 Å². The minimum atomic E-state index is 0.361. The predicted octanol–water partition coefficient (Wildman–Crippen LogP) is 3.75. The lowest BCUT2D eigenvalue weighted by Crippen LogP contribution is -2.31. The molecule has 1 unspecified atom stereocenters. The molecule has 0 spiro atoms. The fraction of sp³-hybridized carbons (Fsp3) is 0.478. The Morgan fingerprint density at radius 2 is 2.04 bits per heavy atom. The van der Waals surface area contributed by atoms with E-state index in [0.29, 0.717) is 18.6 Å². The van der Waals surface area contributed by atoms with Gasteiger partial charge in [-0.05, 0) is 56.0 Å². The van der Waals surface area contributed by atoms with Crippen molar-refractivity contribution in [2.24, 2.45) is 5.73 Å². The number of para-hydroxylation sites is 2.